The molecule has 1 aromatic heterocycles. The lowest BCUT2D eigenvalue weighted by Gasteiger charge is -2.21. The highest BCUT2D eigenvalue weighted by Crippen LogP contribution is 2.27. The number of carbonyl (C=O) groups excluding carboxylic acids is 2. The summed E-state index contributed by atoms with van der Waals surface area (Å²) in [6.07, 6.45) is 0. The number of hydrogen-bond acceptors (Lipinski definition) is 3. The number of likely N-dealkylation sites (N-methyl/N-ethyl adjacent to an activating group) is 1. The molecule has 0 aliphatic carbocycles. The zero-order chi connectivity index (χ0) is 24.2. The van der Waals surface area contributed by atoms with Gasteiger partial charge < -0.3 is 15.5 Å². The van der Waals surface area contributed by atoms with Gasteiger partial charge in [-0.25, -0.2) is 9.48 Å². The van der Waals surface area contributed by atoms with Crippen LogP contribution < -0.4 is 10.6 Å². The Kier molecular flexibility index (Phi) is 7.66. The van der Waals surface area contributed by atoms with Crippen molar-refractivity contribution in [3.63, 3.8) is 0 Å². The number of amides is 3. The van der Waals surface area contributed by atoms with Gasteiger partial charge in [-0.1, -0.05) is 50.0 Å². The fraction of sp³-hybridized carbons (Fsp3) is 0.292. The lowest BCUT2D eigenvalue weighted by Crippen LogP contribution is -2.40. The Bertz CT molecular complexity index is 1140. The molecule has 3 rings (SSSR count). The fourth-order valence-corrected chi connectivity index (χ4v) is 3.38. The van der Waals surface area contributed by atoms with Gasteiger partial charge in [0, 0.05) is 33.8 Å². The minimum atomic E-state index is -0.392. The van der Waals surface area contributed by atoms with Crippen molar-refractivity contribution in [1.29, 1.82) is 0 Å². The van der Waals surface area contributed by atoms with Crippen LogP contribution in [0, 0.1) is 0 Å². The van der Waals surface area contributed by atoms with Crippen LogP contribution in [0.4, 0.5) is 16.3 Å². The predicted octanol–water partition coefficient (Wildman–Crippen LogP) is 5.97. The lowest BCUT2D eigenvalue weighted by molar-refractivity contribution is -0.116. The molecule has 2 N–H and O–H groups in total. The molecule has 0 bridgehead atoms. The number of aromatic nitrogens is 2. The molecule has 2 aromatic carbocycles. The average Bonchev–Trinajstić information content (AvgIpc) is 3.16. The van der Waals surface area contributed by atoms with E-state index in [9.17, 15) is 9.59 Å². The second-order valence-electron chi connectivity index (χ2n) is 8.56. The molecule has 0 saturated heterocycles. The monoisotopic (exact) mass is 487 g/mol. The van der Waals surface area contributed by atoms with Crippen LogP contribution in [0.5, 0.6) is 0 Å². The minimum absolute atomic E-state index is 0.125. The van der Waals surface area contributed by atoms with Crippen molar-refractivity contribution in [1.82, 2.24) is 14.7 Å². The van der Waals surface area contributed by atoms with E-state index in [1.54, 1.807) is 48.0 Å². The molecule has 0 saturated carbocycles. The Labute approximate surface area is 203 Å². The number of rotatable bonds is 6. The third-order valence-electron chi connectivity index (χ3n) is 4.90. The van der Waals surface area contributed by atoms with E-state index < -0.39 is 6.03 Å². The highest BCUT2D eigenvalue weighted by atomic mass is 35.5. The topological polar surface area (TPSA) is 79.3 Å². The van der Waals surface area contributed by atoms with E-state index in [4.69, 9.17) is 23.2 Å². The molecule has 0 aliphatic heterocycles. The van der Waals surface area contributed by atoms with Crippen LogP contribution in [-0.2, 0) is 10.2 Å². The third-order valence-corrected chi connectivity index (χ3v) is 5.38. The quantitative estimate of drug-likeness (QED) is 0.449. The number of carbonyl (C=O) groups is 2. The molecule has 0 atom stereocenters. The van der Waals surface area contributed by atoms with Gasteiger partial charge in [0.25, 0.3) is 0 Å². The number of nitrogens with zero attached hydrogens (tertiary/aromatic N) is 3. The molecule has 3 amide bonds. The van der Waals surface area contributed by atoms with Crippen LogP contribution in [0.15, 0.2) is 54.6 Å². The largest absolute Gasteiger partial charge is 0.322 e. The van der Waals surface area contributed by atoms with Gasteiger partial charge in [-0.15, -0.1) is 0 Å². The Balaban J connectivity index is 1.77. The van der Waals surface area contributed by atoms with Crippen molar-refractivity contribution < 1.29 is 9.59 Å². The first kappa shape index (κ1) is 24.6. The summed E-state index contributed by atoms with van der Waals surface area (Å²) >= 11 is 12.0. The van der Waals surface area contributed by atoms with E-state index in [1.165, 1.54) is 4.90 Å². The van der Waals surface area contributed by atoms with Gasteiger partial charge in [0.2, 0.25) is 5.91 Å². The molecular weight excluding hydrogens is 461 g/mol. The summed E-state index contributed by atoms with van der Waals surface area (Å²) in [5.74, 6) is 0.173. The smallest absolute Gasteiger partial charge is 0.315 e. The molecule has 7 nitrogen and oxygen atoms in total. The van der Waals surface area contributed by atoms with Crippen molar-refractivity contribution in [2.75, 3.05) is 23.7 Å². The fourth-order valence-electron chi connectivity index (χ4n) is 3.07. The zero-order valence-corrected chi connectivity index (χ0v) is 20.5. The first-order valence-electron chi connectivity index (χ1n) is 10.5. The van der Waals surface area contributed by atoms with E-state index >= 15 is 0 Å². The zero-order valence-electron chi connectivity index (χ0n) is 19.0. The summed E-state index contributed by atoms with van der Waals surface area (Å²) in [6, 6.07) is 15.5. The van der Waals surface area contributed by atoms with Crippen molar-refractivity contribution in [3.8, 4) is 5.69 Å². The predicted molar refractivity (Wildman–Crippen MR) is 134 cm³/mol. The number of hydrogen-bond donors (Lipinski definition) is 2. The summed E-state index contributed by atoms with van der Waals surface area (Å²) in [5, 5.41) is 11.5. The average molecular weight is 488 g/mol. The molecule has 1 heterocycles. The van der Waals surface area contributed by atoms with E-state index in [1.807, 2.05) is 39.0 Å². The van der Waals surface area contributed by atoms with E-state index in [0.29, 0.717) is 28.1 Å². The maximum absolute atomic E-state index is 12.9. The summed E-state index contributed by atoms with van der Waals surface area (Å²) < 4.78 is 1.66. The molecule has 0 fully saturated rings. The van der Waals surface area contributed by atoms with Gasteiger partial charge in [0.05, 0.1) is 11.4 Å². The summed E-state index contributed by atoms with van der Waals surface area (Å²) in [7, 11) is 0. The van der Waals surface area contributed by atoms with Crippen molar-refractivity contribution >= 4 is 46.6 Å². The SMILES string of the molecule is CCN(CC(=O)Nc1cc(C(C)(C)C)nn1-c1ccc(Cl)cc1)C(=O)Nc1cccc(Cl)c1. The summed E-state index contributed by atoms with van der Waals surface area (Å²) in [6.45, 7) is 8.17. The van der Waals surface area contributed by atoms with Gasteiger partial charge in [-0.2, -0.15) is 5.10 Å². The van der Waals surface area contributed by atoms with E-state index in [0.717, 1.165) is 11.4 Å². The molecule has 33 heavy (non-hydrogen) atoms. The molecular formula is C24H27Cl2N5O2. The van der Waals surface area contributed by atoms with E-state index in [2.05, 4.69) is 15.7 Å². The summed E-state index contributed by atoms with van der Waals surface area (Å²) in [4.78, 5) is 26.9. The standard InChI is InChI=1S/C24H27Cl2N5O2/c1-5-30(23(33)27-18-8-6-7-17(26)13-18)15-22(32)28-21-14-20(24(2,3)4)29-31(21)19-11-9-16(25)10-12-19/h6-14H,5,15H2,1-4H3,(H,27,33)(H,28,32). The van der Waals surface area contributed by atoms with Crippen LogP contribution in [0.3, 0.4) is 0 Å². The highest BCUT2D eigenvalue weighted by Gasteiger charge is 2.23. The van der Waals surface area contributed by atoms with Gasteiger partial charge in [-0.05, 0) is 49.4 Å². The second kappa shape index (κ2) is 10.3. The number of halogens is 2. The third kappa shape index (κ3) is 6.49. The highest BCUT2D eigenvalue weighted by molar-refractivity contribution is 6.31. The molecule has 0 aliphatic rings. The van der Waals surface area contributed by atoms with Gasteiger partial charge >= 0.3 is 6.03 Å². The molecule has 0 spiro atoms. The lowest BCUT2D eigenvalue weighted by atomic mass is 9.92. The Morgan fingerprint density at radius 1 is 1.00 bits per heavy atom. The van der Waals surface area contributed by atoms with Crippen LogP contribution in [0.25, 0.3) is 5.69 Å². The van der Waals surface area contributed by atoms with Gasteiger partial charge in [-0.3, -0.25) is 4.79 Å². The van der Waals surface area contributed by atoms with Crippen LogP contribution in [-0.4, -0.2) is 39.7 Å². The van der Waals surface area contributed by atoms with Crippen LogP contribution in [0.2, 0.25) is 10.0 Å². The number of anilines is 2. The molecule has 174 valence electrons. The Morgan fingerprint density at radius 3 is 2.30 bits per heavy atom. The first-order chi connectivity index (χ1) is 15.6. The number of benzene rings is 2. The van der Waals surface area contributed by atoms with Gasteiger partial charge in [0.1, 0.15) is 12.4 Å². The Hall–Kier alpha value is -3.03. The molecule has 0 radical (unpaired) electrons. The minimum Gasteiger partial charge on any atom is -0.315 e. The van der Waals surface area contributed by atoms with Crippen molar-refractivity contribution in [2.24, 2.45) is 0 Å². The van der Waals surface area contributed by atoms with Crippen molar-refractivity contribution in [3.05, 3.63) is 70.3 Å². The molecule has 9 heteroatoms. The number of nitrogens with one attached hydrogen (secondary N) is 2. The number of urea groups is 1. The second-order valence-corrected chi connectivity index (χ2v) is 9.43. The normalized spacial score (nSPS) is 11.2. The maximum Gasteiger partial charge on any atom is 0.322 e. The van der Waals surface area contributed by atoms with Gasteiger partial charge in [0.15, 0.2) is 0 Å². The van der Waals surface area contributed by atoms with Crippen LogP contribution in [0.1, 0.15) is 33.4 Å². The maximum atomic E-state index is 12.9. The molecule has 0 unspecified atom stereocenters. The molecule has 3 aromatic rings. The summed E-state index contributed by atoms with van der Waals surface area (Å²) in [5.41, 5.74) is 1.92. The Morgan fingerprint density at radius 2 is 1.70 bits per heavy atom. The van der Waals surface area contributed by atoms with Crippen molar-refractivity contribution in [2.45, 2.75) is 33.1 Å². The first-order valence-corrected chi connectivity index (χ1v) is 11.3. The van der Waals surface area contributed by atoms with E-state index in [-0.39, 0.29) is 17.9 Å². The van der Waals surface area contributed by atoms with Crippen LogP contribution >= 0.6 is 23.2 Å².